The predicted octanol–water partition coefficient (Wildman–Crippen LogP) is 3.70. The molecule has 0 atom stereocenters. The van der Waals surface area contributed by atoms with Gasteiger partial charge in [-0.15, -0.1) is 0 Å². The summed E-state index contributed by atoms with van der Waals surface area (Å²) in [5.41, 5.74) is -0.603. The molecule has 0 spiro atoms. The lowest BCUT2D eigenvalue weighted by molar-refractivity contribution is -0.133. The van der Waals surface area contributed by atoms with Gasteiger partial charge in [-0.25, -0.2) is 12.7 Å². The van der Waals surface area contributed by atoms with Crippen LogP contribution >= 0.6 is 0 Å². The number of rotatable bonds is 7. The molecule has 2 N–H and O–H groups in total. The van der Waals surface area contributed by atoms with Crippen molar-refractivity contribution < 1.29 is 13.2 Å². The van der Waals surface area contributed by atoms with Crippen molar-refractivity contribution in [2.24, 2.45) is 17.8 Å². The average Bonchev–Trinajstić information content (AvgIpc) is 2.99. The van der Waals surface area contributed by atoms with E-state index in [-0.39, 0.29) is 17.8 Å². The first-order chi connectivity index (χ1) is 15.3. The van der Waals surface area contributed by atoms with Gasteiger partial charge in [-0.3, -0.25) is 15.1 Å². The number of guanidine groups is 1. The van der Waals surface area contributed by atoms with Crippen molar-refractivity contribution in [2.75, 3.05) is 25.9 Å². The lowest BCUT2D eigenvalue weighted by Crippen LogP contribution is -2.50. The summed E-state index contributed by atoms with van der Waals surface area (Å²) < 4.78 is 25.2. The first-order valence-electron chi connectivity index (χ1n) is 12.9. The van der Waals surface area contributed by atoms with Gasteiger partial charge in [0.1, 0.15) is 5.54 Å². The fourth-order valence-electron chi connectivity index (χ4n) is 6.69. The molecule has 0 bridgehead atoms. The largest absolute Gasteiger partial charge is 0.342 e. The Morgan fingerprint density at radius 3 is 1.84 bits per heavy atom. The van der Waals surface area contributed by atoms with Crippen molar-refractivity contribution in [3.8, 4) is 0 Å². The summed E-state index contributed by atoms with van der Waals surface area (Å²) in [6.07, 6.45) is 17.0. The molecule has 2 aliphatic carbocycles. The molecule has 4 rings (SSSR count). The summed E-state index contributed by atoms with van der Waals surface area (Å²) in [6.45, 7) is 1.57. The molecular weight excluding hydrogens is 424 g/mol. The zero-order chi connectivity index (χ0) is 22.8. The number of piperidine rings is 1. The quantitative estimate of drug-likeness (QED) is 0.598. The van der Waals surface area contributed by atoms with Crippen molar-refractivity contribution in [3.63, 3.8) is 0 Å². The van der Waals surface area contributed by atoms with Gasteiger partial charge in [0.15, 0.2) is 5.96 Å². The van der Waals surface area contributed by atoms with E-state index in [9.17, 15) is 13.2 Å². The molecule has 0 aromatic heterocycles. The number of nitrogens with one attached hydrogen (secondary N) is 2. The van der Waals surface area contributed by atoms with Gasteiger partial charge in [-0.05, 0) is 43.4 Å². The Hall–Kier alpha value is -1.15. The van der Waals surface area contributed by atoms with Crippen LogP contribution in [0.1, 0.15) is 89.9 Å². The molecule has 2 aliphatic heterocycles. The third kappa shape index (κ3) is 5.49. The zero-order valence-electron chi connectivity index (χ0n) is 19.8. The highest BCUT2D eigenvalue weighted by atomic mass is 32.2. The highest BCUT2D eigenvalue weighted by molar-refractivity contribution is 7.88. The van der Waals surface area contributed by atoms with E-state index < -0.39 is 15.6 Å². The fraction of sp³-hybridized carbons (Fsp3) is 0.917. The number of hydrogen-bond acceptors (Lipinski definition) is 4. The van der Waals surface area contributed by atoms with Gasteiger partial charge in [0.05, 0.1) is 6.26 Å². The molecular formula is C24H42N4O3S. The maximum Gasteiger partial charge on any atom is 0.255 e. The molecule has 0 aromatic rings. The van der Waals surface area contributed by atoms with Crippen molar-refractivity contribution in [3.05, 3.63) is 0 Å². The summed E-state index contributed by atoms with van der Waals surface area (Å²) in [7, 11) is -3.15. The summed E-state index contributed by atoms with van der Waals surface area (Å²) >= 11 is 0. The van der Waals surface area contributed by atoms with Gasteiger partial charge in [-0.2, -0.15) is 0 Å². The second-order valence-corrected chi connectivity index (χ2v) is 13.0. The van der Waals surface area contributed by atoms with Crippen LogP contribution < -0.4 is 5.32 Å². The van der Waals surface area contributed by atoms with Crippen LogP contribution in [0, 0.1) is 23.2 Å². The van der Waals surface area contributed by atoms with E-state index in [1.807, 2.05) is 0 Å². The summed E-state index contributed by atoms with van der Waals surface area (Å²) in [4.78, 5) is 15.6. The molecule has 4 aliphatic rings. The third-order valence-electron chi connectivity index (χ3n) is 8.49. The lowest BCUT2D eigenvalue weighted by atomic mass is 9.73. The van der Waals surface area contributed by atoms with Crippen LogP contribution in [0.5, 0.6) is 0 Å². The Bertz CT molecular complexity index is 759. The van der Waals surface area contributed by atoms with Gasteiger partial charge in [0.2, 0.25) is 10.0 Å². The van der Waals surface area contributed by atoms with Crippen molar-refractivity contribution in [1.29, 1.82) is 5.41 Å². The number of hydrogen-bond donors (Lipinski definition) is 2. The molecule has 1 amide bonds. The highest BCUT2D eigenvalue weighted by Crippen LogP contribution is 2.40. The Morgan fingerprint density at radius 1 is 0.875 bits per heavy atom. The Kier molecular flexibility index (Phi) is 7.50. The molecule has 2 saturated heterocycles. The van der Waals surface area contributed by atoms with Gasteiger partial charge >= 0.3 is 0 Å². The fourth-order valence-corrected chi connectivity index (χ4v) is 7.57. The van der Waals surface area contributed by atoms with Crippen LogP contribution in [0.25, 0.3) is 0 Å². The Morgan fingerprint density at radius 2 is 1.38 bits per heavy atom. The topological polar surface area (TPSA) is 93.6 Å². The number of carbonyl (C=O) groups is 1. The van der Waals surface area contributed by atoms with Crippen LogP contribution in [0.2, 0.25) is 0 Å². The highest BCUT2D eigenvalue weighted by Gasteiger charge is 2.51. The molecule has 8 heteroatoms. The van der Waals surface area contributed by atoms with E-state index >= 15 is 0 Å². The number of carbonyl (C=O) groups excluding carboxylic acids is 1. The maximum absolute atomic E-state index is 13.9. The molecule has 0 unspecified atom stereocenters. The van der Waals surface area contributed by atoms with Gasteiger partial charge in [0.25, 0.3) is 5.91 Å². The van der Waals surface area contributed by atoms with Crippen LogP contribution in [0.15, 0.2) is 0 Å². The average molecular weight is 467 g/mol. The summed E-state index contributed by atoms with van der Waals surface area (Å²) in [6, 6.07) is 0. The summed E-state index contributed by atoms with van der Waals surface area (Å²) in [5, 5.41) is 12.1. The lowest BCUT2D eigenvalue weighted by Gasteiger charge is -2.37. The monoisotopic (exact) mass is 466 g/mol. The Labute approximate surface area is 194 Å². The molecule has 0 radical (unpaired) electrons. The minimum absolute atomic E-state index is 0.115. The maximum atomic E-state index is 13.9. The van der Waals surface area contributed by atoms with E-state index in [2.05, 4.69) is 5.32 Å². The van der Waals surface area contributed by atoms with E-state index in [0.29, 0.717) is 31.5 Å². The molecule has 32 heavy (non-hydrogen) atoms. The van der Waals surface area contributed by atoms with Crippen molar-refractivity contribution in [1.82, 2.24) is 14.5 Å². The molecule has 2 saturated carbocycles. The first kappa shape index (κ1) is 24.0. The Balaban J connectivity index is 1.45. The number of nitrogens with zero attached hydrogens (tertiary/aromatic N) is 2. The SMILES string of the molecule is CS(=O)(=O)N1CCC(CN2C(=N)NC(CC3CCCCC3)(CC3CCCCC3)C2=O)CC1. The zero-order valence-corrected chi connectivity index (χ0v) is 20.6. The van der Waals surface area contributed by atoms with E-state index in [4.69, 9.17) is 5.41 Å². The second-order valence-electron chi connectivity index (χ2n) is 11.0. The number of sulfonamides is 1. The van der Waals surface area contributed by atoms with Gasteiger partial charge < -0.3 is 5.32 Å². The van der Waals surface area contributed by atoms with Crippen LogP contribution in [-0.4, -0.2) is 60.9 Å². The van der Waals surface area contributed by atoms with Crippen LogP contribution in [0.3, 0.4) is 0 Å². The molecule has 2 heterocycles. The van der Waals surface area contributed by atoms with Crippen LogP contribution in [0.4, 0.5) is 0 Å². The normalized spacial score (nSPS) is 27.1. The predicted molar refractivity (Wildman–Crippen MR) is 127 cm³/mol. The van der Waals surface area contributed by atoms with Crippen LogP contribution in [-0.2, 0) is 14.8 Å². The standard InChI is InChI=1S/C24H42N4O3S/c1-32(30,31)27-14-12-21(13-15-27)18-28-22(29)24(26-23(28)25,16-19-8-4-2-5-9-19)17-20-10-6-3-7-11-20/h19-21H,2-18H2,1H3,(H2,25,26). The molecule has 0 aromatic carbocycles. The van der Waals surface area contributed by atoms with E-state index in [0.717, 1.165) is 25.7 Å². The second kappa shape index (κ2) is 10.00. The summed E-state index contributed by atoms with van der Waals surface area (Å²) in [5.74, 6) is 1.79. The first-order valence-corrected chi connectivity index (χ1v) is 14.8. The molecule has 7 nitrogen and oxygen atoms in total. The smallest absolute Gasteiger partial charge is 0.255 e. The minimum atomic E-state index is -3.15. The number of amides is 1. The van der Waals surface area contributed by atoms with Crippen molar-refractivity contribution in [2.45, 2.75) is 95.4 Å². The van der Waals surface area contributed by atoms with E-state index in [1.54, 1.807) is 4.90 Å². The molecule has 4 fully saturated rings. The van der Waals surface area contributed by atoms with E-state index in [1.165, 1.54) is 74.8 Å². The molecule has 182 valence electrons. The minimum Gasteiger partial charge on any atom is -0.342 e. The third-order valence-corrected chi connectivity index (χ3v) is 9.79. The van der Waals surface area contributed by atoms with Gasteiger partial charge in [0, 0.05) is 19.6 Å². The van der Waals surface area contributed by atoms with Crippen molar-refractivity contribution >= 4 is 21.9 Å². The van der Waals surface area contributed by atoms with Gasteiger partial charge in [-0.1, -0.05) is 64.2 Å².